The first-order chi connectivity index (χ1) is 15.2. The van der Waals surface area contributed by atoms with Crippen molar-refractivity contribution in [3.63, 3.8) is 0 Å². The number of phenols is 1. The van der Waals surface area contributed by atoms with E-state index in [9.17, 15) is 24.8 Å². The number of aromatic hydroxyl groups is 1. The lowest BCUT2D eigenvalue weighted by Crippen LogP contribution is -2.33. The minimum atomic E-state index is -3.87. The summed E-state index contributed by atoms with van der Waals surface area (Å²) in [6.07, 6.45) is -0.724. The van der Waals surface area contributed by atoms with Crippen LogP contribution in [0.15, 0.2) is 36.9 Å². The monoisotopic (exact) mass is 483 g/mol. The topological polar surface area (TPSA) is 176 Å². The summed E-state index contributed by atoms with van der Waals surface area (Å²) in [4.78, 5) is 18.1. The van der Waals surface area contributed by atoms with Crippen LogP contribution in [0.1, 0.15) is 11.8 Å². The summed E-state index contributed by atoms with van der Waals surface area (Å²) in [5.41, 5.74) is 1.12. The van der Waals surface area contributed by atoms with Crippen LogP contribution in [0, 0.1) is 5.41 Å². The number of ether oxygens (including phenoxy) is 1. The number of imidazole rings is 1. The number of para-hydroxylation sites is 1. The first kappa shape index (κ1) is 22.9. The SMILES string of the molecule is CSP(=O)(O)OC[C@H]1O[C@@H](n2cnc3c(=N)n(Cc4ccccc4O)cnc32)[C@H](O)[C@@H]1O. The Hall–Kier alpha value is -2.25. The van der Waals surface area contributed by atoms with Crippen LogP contribution in [-0.4, -0.2) is 70.5 Å². The smallest absolute Gasteiger partial charge is 0.386 e. The molecule has 0 bridgehead atoms. The summed E-state index contributed by atoms with van der Waals surface area (Å²) < 4.78 is 25.2. The molecular weight excluding hydrogens is 461 g/mol. The van der Waals surface area contributed by atoms with E-state index >= 15 is 0 Å². The highest BCUT2D eigenvalue weighted by Gasteiger charge is 2.45. The van der Waals surface area contributed by atoms with Crippen molar-refractivity contribution in [2.75, 3.05) is 12.9 Å². The molecule has 0 spiro atoms. The third-order valence-corrected chi connectivity index (χ3v) is 7.81. The second kappa shape index (κ2) is 8.94. The van der Waals surface area contributed by atoms with Crippen LogP contribution in [0.2, 0.25) is 0 Å². The number of hydrogen-bond donors (Lipinski definition) is 5. The molecule has 5 atom stereocenters. The average Bonchev–Trinajstić information content (AvgIpc) is 3.32. The molecular formula is C18H22N5O7PS. The lowest BCUT2D eigenvalue weighted by Gasteiger charge is -2.17. The lowest BCUT2D eigenvalue weighted by molar-refractivity contribution is -0.0479. The molecule has 2 aromatic heterocycles. The van der Waals surface area contributed by atoms with E-state index in [4.69, 9.17) is 14.7 Å². The number of rotatable bonds is 7. The van der Waals surface area contributed by atoms with Crippen LogP contribution in [0.25, 0.3) is 11.2 Å². The Kier molecular flexibility index (Phi) is 6.41. The first-order valence-electron chi connectivity index (χ1n) is 9.50. The average molecular weight is 483 g/mol. The summed E-state index contributed by atoms with van der Waals surface area (Å²) in [5, 5.41) is 39.2. The van der Waals surface area contributed by atoms with Gasteiger partial charge in [0.05, 0.1) is 25.8 Å². The molecule has 4 rings (SSSR count). The Morgan fingerprint density at radius 3 is 2.72 bits per heavy atom. The zero-order chi connectivity index (χ0) is 23.0. The number of hydrogen-bond acceptors (Lipinski definition) is 10. The van der Waals surface area contributed by atoms with Crippen LogP contribution in [0.3, 0.4) is 0 Å². The normalized spacial score (nSPS) is 25.2. The highest BCUT2D eigenvalue weighted by molar-refractivity contribution is 8.54. The maximum atomic E-state index is 11.7. The van der Waals surface area contributed by atoms with Gasteiger partial charge in [-0.15, -0.1) is 0 Å². The van der Waals surface area contributed by atoms with Crippen LogP contribution >= 0.6 is 18.2 Å². The summed E-state index contributed by atoms with van der Waals surface area (Å²) in [6, 6.07) is 6.77. The zero-order valence-electron chi connectivity index (χ0n) is 16.8. The van der Waals surface area contributed by atoms with Gasteiger partial charge in [0.25, 0.3) is 0 Å². The molecule has 1 aromatic carbocycles. The molecule has 1 aliphatic rings. The Morgan fingerprint density at radius 2 is 2.00 bits per heavy atom. The first-order valence-corrected chi connectivity index (χ1v) is 12.9. The summed E-state index contributed by atoms with van der Waals surface area (Å²) in [5.74, 6) is 0.101. The Balaban J connectivity index is 1.59. The van der Waals surface area contributed by atoms with Crippen molar-refractivity contribution in [1.29, 1.82) is 5.41 Å². The quantitative estimate of drug-likeness (QED) is 0.299. The van der Waals surface area contributed by atoms with E-state index in [1.165, 1.54) is 28.0 Å². The molecule has 1 unspecified atom stereocenters. The van der Waals surface area contributed by atoms with Crippen molar-refractivity contribution in [2.45, 2.75) is 31.1 Å². The molecule has 0 amide bonds. The highest BCUT2D eigenvalue weighted by atomic mass is 32.7. The summed E-state index contributed by atoms with van der Waals surface area (Å²) >= 11 is 0.642. The third kappa shape index (κ3) is 4.33. The van der Waals surface area contributed by atoms with Gasteiger partial charge in [-0.05, 0) is 23.7 Å². The second-order valence-electron chi connectivity index (χ2n) is 7.17. The van der Waals surface area contributed by atoms with E-state index in [2.05, 4.69) is 9.97 Å². The molecule has 12 nitrogen and oxygen atoms in total. The van der Waals surface area contributed by atoms with Gasteiger partial charge in [0, 0.05) is 5.56 Å². The maximum absolute atomic E-state index is 11.7. The van der Waals surface area contributed by atoms with Crippen LogP contribution < -0.4 is 5.49 Å². The second-order valence-corrected chi connectivity index (χ2v) is 11.2. The van der Waals surface area contributed by atoms with Crippen molar-refractivity contribution >= 4 is 29.3 Å². The maximum Gasteiger partial charge on any atom is 0.386 e. The highest BCUT2D eigenvalue weighted by Crippen LogP contribution is 2.54. The Bertz CT molecular complexity index is 1230. The molecule has 3 heterocycles. The van der Waals surface area contributed by atoms with Gasteiger partial charge in [-0.1, -0.05) is 18.2 Å². The van der Waals surface area contributed by atoms with E-state index in [1.807, 2.05) is 0 Å². The van der Waals surface area contributed by atoms with Gasteiger partial charge >= 0.3 is 6.80 Å². The molecule has 1 aliphatic heterocycles. The number of aromatic nitrogens is 4. The number of nitrogens with one attached hydrogen (secondary N) is 1. The van der Waals surface area contributed by atoms with E-state index in [-0.39, 0.29) is 28.9 Å². The van der Waals surface area contributed by atoms with Gasteiger partial charge in [0.1, 0.15) is 29.6 Å². The van der Waals surface area contributed by atoms with Gasteiger partial charge in [0.2, 0.25) is 0 Å². The van der Waals surface area contributed by atoms with Gasteiger partial charge in [-0.3, -0.25) is 14.5 Å². The Labute approximate surface area is 185 Å². The largest absolute Gasteiger partial charge is 0.508 e. The van der Waals surface area contributed by atoms with E-state index in [1.54, 1.807) is 24.3 Å². The van der Waals surface area contributed by atoms with Crippen molar-refractivity contribution in [3.05, 3.63) is 48.0 Å². The van der Waals surface area contributed by atoms with Crippen molar-refractivity contribution in [2.24, 2.45) is 0 Å². The predicted octanol–water partition coefficient (Wildman–Crippen LogP) is 0.565. The Morgan fingerprint density at radius 1 is 1.25 bits per heavy atom. The van der Waals surface area contributed by atoms with E-state index in [0.717, 1.165) is 0 Å². The standard InChI is InChI=1S/C18H22N5O7PS/c1-32-31(27,28)29-7-12-14(25)15(26)18(30-12)23-9-20-13-16(19)22(8-21-17(13)23)6-10-4-2-3-5-11(10)24/h2-5,8-9,12,14-15,18-19,24-26H,6-7H2,1H3,(H,27,28)/t12-,14-,15-,18-/m1/s1. The summed E-state index contributed by atoms with van der Waals surface area (Å²) in [7, 11) is 0. The van der Waals surface area contributed by atoms with Crippen LogP contribution in [-0.2, 0) is 20.4 Å². The fraction of sp³-hybridized carbons (Fsp3) is 0.389. The number of phenolic OH excluding ortho intramolecular Hbond substituents is 1. The summed E-state index contributed by atoms with van der Waals surface area (Å²) in [6.45, 7) is -4.06. The number of aliphatic hydroxyl groups is 2. The fourth-order valence-corrected chi connectivity index (χ4v) is 4.36. The number of aliphatic hydroxyl groups excluding tert-OH is 2. The molecule has 32 heavy (non-hydrogen) atoms. The van der Waals surface area contributed by atoms with Gasteiger partial charge in [-0.2, -0.15) is 0 Å². The van der Waals surface area contributed by atoms with E-state index < -0.39 is 37.9 Å². The molecule has 0 radical (unpaired) electrons. The lowest BCUT2D eigenvalue weighted by atomic mass is 10.1. The van der Waals surface area contributed by atoms with Crippen molar-refractivity contribution in [3.8, 4) is 5.75 Å². The number of nitrogens with zero attached hydrogens (tertiary/aromatic N) is 4. The number of benzene rings is 1. The van der Waals surface area contributed by atoms with Gasteiger partial charge in [-0.25, -0.2) is 14.5 Å². The molecule has 172 valence electrons. The van der Waals surface area contributed by atoms with Crippen molar-refractivity contribution < 1.29 is 34.0 Å². The molecule has 1 saturated heterocycles. The molecule has 0 saturated carbocycles. The minimum absolute atomic E-state index is 0.0334. The van der Waals surface area contributed by atoms with Gasteiger partial charge in [0.15, 0.2) is 17.4 Å². The van der Waals surface area contributed by atoms with Crippen LogP contribution in [0.5, 0.6) is 5.75 Å². The third-order valence-electron chi connectivity index (χ3n) is 5.17. The van der Waals surface area contributed by atoms with Crippen molar-refractivity contribution in [1.82, 2.24) is 19.1 Å². The molecule has 1 fully saturated rings. The predicted molar refractivity (Wildman–Crippen MR) is 114 cm³/mol. The molecule has 0 aliphatic carbocycles. The van der Waals surface area contributed by atoms with Crippen LogP contribution in [0.4, 0.5) is 0 Å². The molecule has 5 N–H and O–H groups in total. The van der Waals surface area contributed by atoms with E-state index in [0.29, 0.717) is 16.9 Å². The minimum Gasteiger partial charge on any atom is -0.508 e. The van der Waals surface area contributed by atoms with Gasteiger partial charge < -0.3 is 29.5 Å². The molecule has 14 heteroatoms. The fourth-order valence-electron chi connectivity index (χ4n) is 3.42. The zero-order valence-corrected chi connectivity index (χ0v) is 18.6. The molecule has 3 aromatic rings. The number of fused-ring (bicyclic) bond motifs is 1.